The normalized spacial score (nSPS) is 31.6. The van der Waals surface area contributed by atoms with Gasteiger partial charge in [0.1, 0.15) is 0 Å². The first-order valence-electron chi connectivity index (χ1n) is 8.37. The van der Waals surface area contributed by atoms with E-state index in [4.69, 9.17) is 5.73 Å². The Bertz CT molecular complexity index is 443. The Morgan fingerprint density at radius 2 is 2.05 bits per heavy atom. The van der Waals surface area contributed by atoms with Crippen LogP contribution in [0.2, 0.25) is 0 Å². The van der Waals surface area contributed by atoms with Gasteiger partial charge in [-0.15, -0.1) is 0 Å². The predicted octanol–water partition coefficient (Wildman–Crippen LogP) is 3.51. The van der Waals surface area contributed by atoms with Crippen molar-refractivity contribution in [3.8, 4) is 0 Å². The molecule has 110 valence electrons. The minimum atomic E-state index is 0.414. The lowest BCUT2D eigenvalue weighted by Gasteiger charge is -2.41. The summed E-state index contributed by atoms with van der Waals surface area (Å²) in [6, 6.07) is 10.2. The molecule has 1 fully saturated rings. The molecule has 20 heavy (non-hydrogen) atoms. The van der Waals surface area contributed by atoms with E-state index < -0.39 is 0 Å². The molecular weight excluding hydrogens is 244 g/mol. The van der Waals surface area contributed by atoms with E-state index in [1.807, 2.05) is 0 Å². The second kappa shape index (κ2) is 6.28. The van der Waals surface area contributed by atoms with Crippen molar-refractivity contribution in [3.63, 3.8) is 0 Å². The SMILES string of the molecule is CCC1CN(C2CCCCc3ccccc32)CCC1N. The van der Waals surface area contributed by atoms with Gasteiger partial charge in [0, 0.05) is 25.2 Å². The van der Waals surface area contributed by atoms with Crippen LogP contribution in [0.25, 0.3) is 0 Å². The molecule has 1 heterocycles. The lowest BCUT2D eigenvalue weighted by Crippen LogP contribution is -2.48. The minimum absolute atomic E-state index is 0.414. The number of rotatable bonds is 2. The molecular formula is C18H28N2. The smallest absolute Gasteiger partial charge is 0.0350 e. The molecule has 0 spiro atoms. The number of benzene rings is 1. The number of nitrogens with zero attached hydrogens (tertiary/aromatic N) is 1. The van der Waals surface area contributed by atoms with Gasteiger partial charge in [-0.25, -0.2) is 0 Å². The third-order valence-corrected chi connectivity index (χ3v) is 5.38. The van der Waals surface area contributed by atoms with Crippen LogP contribution in [-0.4, -0.2) is 24.0 Å². The highest BCUT2D eigenvalue weighted by molar-refractivity contribution is 5.31. The lowest BCUT2D eigenvalue weighted by atomic mass is 9.88. The fourth-order valence-corrected chi connectivity index (χ4v) is 4.07. The van der Waals surface area contributed by atoms with Crippen LogP contribution in [0.4, 0.5) is 0 Å². The molecule has 1 aliphatic heterocycles. The zero-order valence-electron chi connectivity index (χ0n) is 12.7. The molecule has 2 heteroatoms. The van der Waals surface area contributed by atoms with Crippen molar-refractivity contribution >= 4 is 0 Å². The highest BCUT2D eigenvalue weighted by Crippen LogP contribution is 2.35. The third kappa shape index (κ3) is 2.77. The quantitative estimate of drug-likeness (QED) is 0.835. The summed E-state index contributed by atoms with van der Waals surface area (Å²) in [5, 5.41) is 0. The number of piperidine rings is 1. The minimum Gasteiger partial charge on any atom is -0.327 e. The summed E-state index contributed by atoms with van der Waals surface area (Å²) in [4.78, 5) is 2.72. The Hall–Kier alpha value is -0.860. The predicted molar refractivity (Wildman–Crippen MR) is 84.7 cm³/mol. The molecule has 0 amide bonds. The maximum Gasteiger partial charge on any atom is 0.0350 e. The Labute approximate surface area is 123 Å². The maximum absolute atomic E-state index is 6.28. The van der Waals surface area contributed by atoms with E-state index in [2.05, 4.69) is 36.1 Å². The molecule has 3 rings (SSSR count). The molecule has 3 unspecified atom stereocenters. The van der Waals surface area contributed by atoms with Crippen molar-refractivity contribution in [2.24, 2.45) is 11.7 Å². The van der Waals surface area contributed by atoms with Gasteiger partial charge in [0.25, 0.3) is 0 Å². The average molecular weight is 272 g/mol. The van der Waals surface area contributed by atoms with Crippen molar-refractivity contribution in [1.82, 2.24) is 4.90 Å². The van der Waals surface area contributed by atoms with Gasteiger partial charge in [-0.1, -0.05) is 44.0 Å². The van der Waals surface area contributed by atoms with E-state index in [9.17, 15) is 0 Å². The summed E-state index contributed by atoms with van der Waals surface area (Å²) in [5.41, 5.74) is 9.45. The van der Waals surface area contributed by atoms with E-state index in [1.54, 1.807) is 11.1 Å². The summed E-state index contributed by atoms with van der Waals surface area (Å²) < 4.78 is 0. The van der Waals surface area contributed by atoms with Crippen molar-refractivity contribution in [2.45, 2.75) is 57.5 Å². The zero-order valence-corrected chi connectivity index (χ0v) is 12.7. The van der Waals surface area contributed by atoms with Gasteiger partial charge in [-0.2, -0.15) is 0 Å². The molecule has 1 aromatic carbocycles. The van der Waals surface area contributed by atoms with Crippen molar-refractivity contribution < 1.29 is 0 Å². The van der Waals surface area contributed by atoms with Crippen LogP contribution in [0.5, 0.6) is 0 Å². The molecule has 0 bridgehead atoms. The van der Waals surface area contributed by atoms with Crippen molar-refractivity contribution in [1.29, 1.82) is 0 Å². The fraction of sp³-hybridized carbons (Fsp3) is 0.667. The van der Waals surface area contributed by atoms with Crippen LogP contribution in [0.15, 0.2) is 24.3 Å². The Morgan fingerprint density at radius 3 is 2.90 bits per heavy atom. The molecule has 2 aliphatic rings. The van der Waals surface area contributed by atoms with Crippen LogP contribution in [-0.2, 0) is 6.42 Å². The number of fused-ring (bicyclic) bond motifs is 1. The number of hydrogen-bond donors (Lipinski definition) is 1. The molecule has 1 aliphatic carbocycles. The van der Waals surface area contributed by atoms with E-state index >= 15 is 0 Å². The van der Waals surface area contributed by atoms with Crippen LogP contribution < -0.4 is 5.73 Å². The summed E-state index contributed by atoms with van der Waals surface area (Å²) in [5.74, 6) is 0.680. The number of nitrogens with two attached hydrogens (primary N) is 1. The monoisotopic (exact) mass is 272 g/mol. The second-order valence-electron chi connectivity index (χ2n) is 6.58. The number of likely N-dealkylation sites (tertiary alicyclic amines) is 1. The first kappa shape index (κ1) is 14.1. The maximum atomic E-state index is 6.28. The molecule has 2 N–H and O–H groups in total. The topological polar surface area (TPSA) is 29.3 Å². The van der Waals surface area contributed by atoms with E-state index in [0.717, 1.165) is 6.42 Å². The third-order valence-electron chi connectivity index (χ3n) is 5.38. The van der Waals surface area contributed by atoms with Crippen LogP contribution in [0.3, 0.4) is 0 Å². The van der Waals surface area contributed by atoms with E-state index in [1.165, 1.54) is 45.2 Å². The first-order valence-corrected chi connectivity index (χ1v) is 8.37. The largest absolute Gasteiger partial charge is 0.327 e. The Morgan fingerprint density at radius 1 is 1.20 bits per heavy atom. The molecule has 3 atom stereocenters. The van der Waals surface area contributed by atoms with Gasteiger partial charge in [-0.3, -0.25) is 4.90 Å². The summed E-state index contributed by atoms with van der Waals surface area (Å²) in [7, 11) is 0. The van der Waals surface area contributed by atoms with E-state index in [-0.39, 0.29) is 0 Å². The Kier molecular flexibility index (Phi) is 4.42. The fourth-order valence-electron chi connectivity index (χ4n) is 4.07. The molecule has 0 radical (unpaired) electrons. The van der Waals surface area contributed by atoms with Gasteiger partial charge in [0.05, 0.1) is 0 Å². The second-order valence-corrected chi connectivity index (χ2v) is 6.58. The summed E-state index contributed by atoms with van der Waals surface area (Å²) in [6.07, 6.45) is 7.67. The Balaban J connectivity index is 1.82. The first-order chi connectivity index (χ1) is 9.79. The van der Waals surface area contributed by atoms with Gasteiger partial charge in [0.2, 0.25) is 0 Å². The highest BCUT2D eigenvalue weighted by atomic mass is 15.2. The van der Waals surface area contributed by atoms with Gasteiger partial charge in [0.15, 0.2) is 0 Å². The number of aryl methyl sites for hydroxylation is 1. The summed E-state index contributed by atoms with van der Waals surface area (Å²) in [6.45, 7) is 4.66. The van der Waals surface area contributed by atoms with Crippen LogP contribution >= 0.6 is 0 Å². The zero-order chi connectivity index (χ0) is 13.9. The molecule has 0 aromatic heterocycles. The van der Waals surface area contributed by atoms with Crippen molar-refractivity contribution in [2.75, 3.05) is 13.1 Å². The molecule has 1 saturated heterocycles. The van der Waals surface area contributed by atoms with Gasteiger partial charge in [-0.05, 0) is 42.7 Å². The number of hydrogen-bond acceptors (Lipinski definition) is 2. The lowest BCUT2D eigenvalue weighted by molar-refractivity contribution is 0.101. The average Bonchev–Trinajstić information content (AvgIpc) is 2.70. The molecule has 1 aromatic rings. The van der Waals surface area contributed by atoms with Gasteiger partial charge >= 0.3 is 0 Å². The molecule has 0 saturated carbocycles. The van der Waals surface area contributed by atoms with Crippen LogP contribution in [0, 0.1) is 5.92 Å². The van der Waals surface area contributed by atoms with Crippen molar-refractivity contribution in [3.05, 3.63) is 35.4 Å². The van der Waals surface area contributed by atoms with Crippen LogP contribution in [0.1, 0.15) is 56.2 Å². The standard InChI is InChI=1S/C18H28N2/c1-2-14-13-20(12-11-17(14)19)18-10-6-4-8-15-7-3-5-9-16(15)18/h3,5,7,9,14,17-18H,2,4,6,8,10-13,19H2,1H3. The van der Waals surface area contributed by atoms with E-state index in [0.29, 0.717) is 18.0 Å². The van der Waals surface area contributed by atoms with Gasteiger partial charge < -0.3 is 5.73 Å². The summed E-state index contributed by atoms with van der Waals surface area (Å²) >= 11 is 0. The molecule has 2 nitrogen and oxygen atoms in total. The highest BCUT2D eigenvalue weighted by Gasteiger charge is 2.31.